The number of hydrogen-bond donors (Lipinski definition) is 2. The third-order valence-corrected chi connectivity index (χ3v) is 6.51. The van der Waals surface area contributed by atoms with Gasteiger partial charge in [-0.05, 0) is 37.3 Å². The quantitative estimate of drug-likeness (QED) is 0.541. The SMILES string of the molecule is CCC(NC(=O)C(N)CS(=O)(=O)CC1CC1)C(=O)c1noc(-c2ccccc2)n1. The van der Waals surface area contributed by atoms with E-state index in [9.17, 15) is 18.0 Å². The molecular weight excluding hydrogens is 396 g/mol. The van der Waals surface area contributed by atoms with E-state index in [1.165, 1.54) is 0 Å². The molecule has 1 aliphatic rings. The molecule has 1 aromatic carbocycles. The normalized spacial score (nSPS) is 16.2. The molecule has 3 N–H and O–H groups in total. The summed E-state index contributed by atoms with van der Waals surface area (Å²) in [4.78, 5) is 29.1. The standard InChI is InChI=1S/C19H24N4O5S/c1-2-15(21-18(25)14(20)11-29(26,27)10-12-8-9-12)16(24)17-22-19(28-23-17)13-6-4-3-5-7-13/h3-7,12,14-15H,2,8-11,20H2,1H3,(H,21,25). The number of nitrogens with two attached hydrogens (primary N) is 1. The summed E-state index contributed by atoms with van der Waals surface area (Å²) in [5.74, 6) is -1.41. The van der Waals surface area contributed by atoms with Crippen LogP contribution in [0.15, 0.2) is 34.9 Å². The highest BCUT2D eigenvalue weighted by molar-refractivity contribution is 7.91. The van der Waals surface area contributed by atoms with E-state index in [4.69, 9.17) is 10.3 Å². The Morgan fingerprint density at radius 2 is 1.97 bits per heavy atom. The van der Waals surface area contributed by atoms with E-state index in [-0.39, 0.29) is 29.8 Å². The highest BCUT2D eigenvalue weighted by atomic mass is 32.2. The average Bonchev–Trinajstić information content (AvgIpc) is 3.35. The third-order valence-electron chi connectivity index (χ3n) is 4.67. The van der Waals surface area contributed by atoms with Crippen molar-refractivity contribution in [1.82, 2.24) is 15.5 Å². The zero-order valence-corrected chi connectivity index (χ0v) is 16.9. The summed E-state index contributed by atoms with van der Waals surface area (Å²) in [5, 5.41) is 6.20. The fourth-order valence-electron chi connectivity index (χ4n) is 2.87. The minimum absolute atomic E-state index is 0.0508. The first-order valence-electron chi connectivity index (χ1n) is 9.48. The van der Waals surface area contributed by atoms with Gasteiger partial charge in [0, 0.05) is 5.56 Å². The van der Waals surface area contributed by atoms with Crippen molar-refractivity contribution in [3.63, 3.8) is 0 Å². The van der Waals surface area contributed by atoms with Gasteiger partial charge < -0.3 is 15.6 Å². The van der Waals surface area contributed by atoms with Crippen LogP contribution in [0.3, 0.4) is 0 Å². The van der Waals surface area contributed by atoms with E-state index in [1.54, 1.807) is 31.2 Å². The predicted molar refractivity (Wildman–Crippen MR) is 106 cm³/mol. The van der Waals surface area contributed by atoms with Gasteiger partial charge in [0.25, 0.3) is 5.89 Å². The lowest BCUT2D eigenvalue weighted by atomic mass is 10.1. The van der Waals surface area contributed by atoms with E-state index in [0.717, 1.165) is 12.8 Å². The largest absolute Gasteiger partial charge is 0.344 e. The van der Waals surface area contributed by atoms with Crippen LogP contribution in [-0.2, 0) is 14.6 Å². The number of sulfone groups is 1. The van der Waals surface area contributed by atoms with E-state index in [0.29, 0.717) is 5.56 Å². The van der Waals surface area contributed by atoms with E-state index in [1.807, 2.05) is 6.07 Å². The van der Waals surface area contributed by atoms with Crippen molar-refractivity contribution in [2.45, 2.75) is 38.3 Å². The molecule has 1 aliphatic carbocycles. The van der Waals surface area contributed by atoms with Crippen LogP contribution in [0, 0.1) is 5.92 Å². The van der Waals surface area contributed by atoms with Gasteiger partial charge in [-0.2, -0.15) is 4.98 Å². The van der Waals surface area contributed by atoms with Crippen molar-refractivity contribution in [2.75, 3.05) is 11.5 Å². The topological polar surface area (TPSA) is 145 Å². The molecule has 0 bridgehead atoms. The number of rotatable bonds is 10. The number of Topliss-reactive ketones (excluding diaryl/α,β-unsaturated/α-hetero) is 1. The highest BCUT2D eigenvalue weighted by Crippen LogP contribution is 2.30. The van der Waals surface area contributed by atoms with E-state index < -0.39 is 39.4 Å². The Morgan fingerprint density at radius 3 is 2.59 bits per heavy atom. The second kappa shape index (κ2) is 8.83. The number of ketones is 1. The van der Waals surface area contributed by atoms with Crippen LogP contribution in [0.5, 0.6) is 0 Å². The molecule has 0 radical (unpaired) electrons. The van der Waals surface area contributed by atoms with Crippen LogP contribution in [0.1, 0.15) is 36.8 Å². The molecule has 1 heterocycles. The lowest BCUT2D eigenvalue weighted by molar-refractivity contribution is -0.122. The van der Waals surface area contributed by atoms with Gasteiger partial charge in [0.1, 0.15) is 0 Å². The second-order valence-electron chi connectivity index (χ2n) is 7.25. The predicted octanol–water partition coefficient (Wildman–Crippen LogP) is 0.966. The maximum absolute atomic E-state index is 12.7. The summed E-state index contributed by atoms with van der Waals surface area (Å²) in [6.07, 6.45) is 2.05. The molecule has 0 spiro atoms. The molecule has 9 nitrogen and oxygen atoms in total. The molecule has 1 saturated carbocycles. The number of carbonyl (C=O) groups is 2. The molecule has 10 heteroatoms. The first-order chi connectivity index (χ1) is 13.8. The van der Waals surface area contributed by atoms with Gasteiger partial charge in [0.15, 0.2) is 9.84 Å². The van der Waals surface area contributed by atoms with Gasteiger partial charge in [-0.1, -0.05) is 30.3 Å². The third kappa shape index (κ3) is 5.70. The maximum atomic E-state index is 12.7. The minimum atomic E-state index is -3.42. The average molecular weight is 420 g/mol. The zero-order valence-electron chi connectivity index (χ0n) is 16.1. The van der Waals surface area contributed by atoms with Gasteiger partial charge in [0.05, 0.1) is 23.6 Å². The Hall–Kier alpha value is -2.59. The lowest BCUT2D eigenvalue weighted by Gasteiger charge is -2.17. The van der Waals surface area contributed by atoms with Gasteiger partial charge in [-0.25, -0.2) is 8.42 Å². The molecule has 1 fully saturated rings. The number of benzene rings is 1. The van der Waals surface area contributed by atoms with Crippen molar-refractivity contribution in [3.8, 4) is 11.5 Å². The molecule has 29 heavy (non-hydrogen) atoms. The highest BCUT2D eigenvalue weighted by Gasteiger charge is 2.32. The summed E-state index contributed by atoms with van der Waals surface area (Å²) in [6, 6.07) is 6.79. The molecule has 3 rings (SSSR count). The monoisotopic (exact) mass is 420 g/mol. The van der Waals surface area contributed by atoms with Gasteiger partial charge in [0.2, 0.25) is 17.5 Å². The molecule has 2 atom stereocenters. The van der Waals surface area contributed by atoms with Crippen LogP contribution in [0.25, 0.3) is 11.5 Å². The molecule has 0 aliphatic heterocycles. The fraction of sp³-hybridized carbons (Fsp3) is 0.474. The second-order valence-corrected chi connectivity index (χ2v) is 9.40. The fourth-order valence-corrected chi connectivity index (χ4v) is 4.76. The smallest absolute Gasteiger partial charge is 0.258 e. The van der Waals surface area contributed by atoms with Gasteiger partial charge in [-0.15, -0.1) is 0 Å². The lowest BCUT2D eigenvalue weighted by Crippen LogP contribution is -2.51. The Kier molecular flexibility index (Phi) is 6.43. The van der Waals surface area contributed by atoms with Crippen molar-refractivity contribution in [1.29, 1.82) is 0 Å². The van der Waals surface area contributed by atoms with Crippen molar-refractivity contribution in [2.24, 2.45) is 11.7 Å². The van der Waals surface area contributed by atoms with Crippen LogP contribution >= 0.6 is 0 Å². The first-order valence-corrected chi connectivity index (χ1v) is 11.3. The number of hydrogen-bond acceptors (Lipinski definition) is 8. The van der Waals surface area contributed by atoms with E-state index >= 15 is 0 Å². The number of amides is 1. The summed E-state index contributed by atoms with van der Waals surface area (Å²) < 4.78 is 29.3. The summed E-state index contributed by atoms with van der Waals surface area (Å²) in [5.41, 5.74) is 6.43. The van der Waals surface area contributed by atoms with Crippen LogP contribution in [0.4, 0.5) is 0 Å². The van der Waals surface area contributed by atoms with Gasteiger partial charge >= 0.3 is 0 Å². The number of carbonyl (C=O) groups excluding carboxylic acids is 2. The molecule has 156 valence electrons. The Bertz CT molecular complexity index is 969. The van der Waals surface area contributed by atoms with Crippen molar-refractivity contribution >= 4 is 21.5 Å². The maximum Gasteiger partial charge on any atom is 0.258 e. The molecule has 2 unspecified atom stereocenters. The van der Waals surface area contributed by atoms with Crippen LogP contribution in [-0.4, -0.2) is 53.8 Å². The molecule has 2 aromatic rings. The van der Waals surface area contributed by atoms with E-state index in [2.05, 4.69) is 15.5 Å². The van der Waals surface area contributed by atoms with Crippen molar-refractivity contribution in [3.05, 3.63) is 36.2 Å². The first kappa shape index (κ1) is 21.1. The summed E-state index contributed by atoms with van der Waals surface area (Å²) in [6.45, 7) is 1.70. The van der Waals surface area contributed by atoms with Crippen molar-refractivity contribution < 1.29 is 22.5 Å². The number of nitrogens with one attached hydrogen (secondary N) is 1. The number of nitrogens with zero attached hydrogens (tertiary/aromatic N) is 2. The Balaban J connectivity index is 1.62. The zero-order chi connectivity index (χ0) is 21.0. The van der Waals surface area contributed by atoms with Crippen LogP contribution in [0.2, 0.25) is 0 Å². The minimum Gasteiger partial charge on any atom is -0.344 e. The summed E-state index contributed by atoms with van der Waals surface area (Å²) in [7, 11) is -3.42. The molecular formula is C19H24N4O5S. The Morgan fingerprint density at radius 1 is 1.28 bits per heavy atom. The molecule has 1 aromatic heterocycles. The molecule has 0 saturated heterocycles. The Labute approximate surface area is 169 Å². The molecule has 1 amide bonds. The van der Waals surface area contributed by atoms with Gasteiger partial charge in [-0.3, -0.25) is 9.59 Å². The van der Waals surface area contributed by atoms with Crippen LogP contribution < -0.4 is 11.1 Å². The summed E-state index contributed by atoms with van der Waals surface area (Å²) >= 11 is 0. The number of aromatic nitrogens is 2.